The van der Waals surface area contributed by atoms with Crippen LogP contribution in [0.3, 0.4) is 0 Å². The standard InChI is InChI=1S/C15H31N/c1-5-13(6-2)10-15-9-12(3)7-8-14(15)11-16-4/h12-16H,5-11H2,1-4H3. The van der Waals surface area contributed by atoms with Crippen LogP contribution in [0.15, 0.2) is 0 Å². The molecule has 1 saturated carbocycles. The number of nitrogens with one attached hydrogen (secondary N) is 1. The smallest absolute Gasteiger partial charge is 0.00209 e. The molecule has 0 aromatic rings. The van der Waals surface area contributed by atoms with Crippen LogP contribution in [0.25, 0.3) is 0 Å². The van der Waals surface area contributed by atoms with Gasteiger partial charge in [0.2, 0.25) is 0 Å². The molecule has 0 amide bonds. The predicted molar refractivity (Wildman–Crippen MR) is 72.6 cm³/mol. The summed E-state index contributed by atoms with van der Waals surface area (Å²) in [6, 6.07) is 0. The van der Waals surface area contributed by atoms with Gasteiger partial charge in [-0.25, -0.2) is 0 Å². The van der Waals surface area contributed by atoms with Crippen LogP contribution in [0, 0.1) is 23.7 Å². The van der Waals surface area contributed by atoms with Gasteiger partial charge in [-0.1, -0.05) is 40.0 Å². The first-order chi connectivity index (χ1) is 7.71. The third kappa shape index (κ3) is 4.08. The third-order valence-electron chi connectivity index (χ3n) is 4.66. The lowest BCUT2D eigenvalue weighted by atomic mass is 9.70. The zero-order valence-corrected chi connectivity index (χ0v) is 11.8. The molecular weight excluding hydrogens is 194 g/mol. The molecule has 1 aliphatic carbocycles. The molecule has 0 aliphatic heterocycles. The van der Waals surface area contributed by atoms with Crippen molar-refractivity contribution in [1.29, 1.82) is 0 Å². The molecule has 0 radical (unpaired) electrons. The molecule has 1 heteroatoms. The highest BCUT2D eigenvalue weighted by atomic mass is 14.8. The maximum absolute atomic E-state index is 3.39. The Morgan fingerprint density at radius 3 is 2.38 bits per heavy atom. The summed E-state index contributed by atoms with van der Waals surface area (Å²) in [7, 11) is 2.10. The summed E-state index contributed by atoms with van der Waals surface area (Å²) in [4.78, 5) is 0. The van der Waals surface area contributed by atoms with E-state index in [0.29, 0.717) is 0 Å². The monoisotopic (exact) mass is 225 g/mol. The van der Waals surface area contributed by atoms with Crippen molar-refractivity contribution in [1.82, 2.24) is 5.32 Å². The molecule has 0 bridgehead atoms. The van der Waals surface area contributed by atoms with Gasteiger partial charge in [-0.3, -0.25) is 0 Å². The summed E-state index contributed by atoms with van der Waals surface area (Å²) in [6.45, 7) is 8.38. The van der Waals surface area contributed by atoms with E-state index in [-0.39, 0.29) is 0 Å². The SMILES string of the molecule is CCC(CC)CC1CC(C)CCC1CNC. The first-order valence-corrected chi connectivity index (χ1v) is 7.35. The van der Waals surface area contributed by atoms with Crippen molar-refractivity contribution < 1.29 is 0 Å². The maximum atomic E-state index is 3.39. The lowest BCUT2D eigenvalue weighted by Gasteiger charge is -2.36. The van der Waals surface area contributed by atoms with Gasteiger partial charge in [-0.05, 0) is 56.5 Å². The highest BCUT2D eigenvalue weighted by Gasteiger charge is 2.29. The van der Waals surface area contributed by atoms with Crippen molar-refractivity contribution in [3.8, 4) is 0 Å². The zero-order chi connectivity index (χ0) is 12.0. The van der Waals surface area contributed by atoms with Crippen LogP contribution >= 0.6 is 0 Å². The molecule has 16 heavy (non-hydrogen) atoms. The van der Waals surface area contributed by atoms with E-state index in [1.807, 2.05) is 0 Å². The fourth-order valence-electron chi connectivity index (χ4n) is 3.43. The maximum Gasteiger partial charge on any atom is -0.00209 e. The Morgan fingerprint density at radius 2 is 1.81 bits per heavy atom. The van der Waals surface area contributed by atoms with Gasteiger partial charge in [-0.15, -0.1) is 0 Å². The molecule has 0 saturated heterocycles. The summed E-state index contributed by atoms with van der Waals surface area (Å²) in [5.74, 6) is 3.87. The Hall–Kier alpha value is -0.0400. The van der Waals surface area contributed by atoms with Crippen LogP contribution in [-0.4, -0.2) is 13.6 Å². The largest absolute Gasteiger partial charge is 0.319 e. The fourth-order valence-corrected chi connectivity index (χ4v) is 3.43. The van der Waals surface area contributed by atoms with Crippen LogP contribution in [0.4, 0.5) is 0 Å². The van der Waals surface area contributed by atoms with Gasteiger partial charge in [0.05, 0.1) is 0 Å². The first kappa shape index (κ1) is 14.0. The molecule has 3 unspecified atom stereocenters. The van der Waals surface area contributed by atoms with Crippen molar-refractivity contribution >= 4 is 0 Å². The van der Waals surface area contributed by atoms with Gasteiger partial charge in [-0.2, -0.15) is 0 Å². The minimum Gasteiger partial charge on any atom is -0.319 e. The van der Waals surface area contributed by atoms with Crippen LogP contribution in [0.1, 0.15) is 59.3 Å². The van der Waals surface area contributed by atoms with E-state index in [1.54, 1.807) is 0 Å². The van der Waals surface area contributed by atoms with Crippen LogP contribution < -0.4 is 5.32 Å². The van der Waals surface area contributed by atoms with E-state index >= 15 is 0 Å². The van der Waals surface area contributed by atoms with E-state index < -0.39 is 0 Å². The van der Waals surface area contributed by atoms with Gasteiger partial charge < -0.3 is 5.32 Å². The highest BCUT2D eigenvalue weighted by molar-refractivity contribution is 4.81. The first-order valence-electron chi connectivity index (χ1n) is 7.35. The molecule has 1 rings (SSSR count). The molecule has 3 atom stereocenters. The molecule has 1 N–H and O–H groups in total. The van der Waals surface area contributed by atoms with Crippen LogP contribution in [-0.2, 0) is 0 Å². The van der Waals surface area contributed by atoms with Gasteiger partial charge >= 0.3 is 0 Å². The van der Waals surface area contributed by atoms with Crippen molar-refractivity contribution in [2.45, 2.75) is 59.3 Å². The average molecular weight is 225 g/mol. The van der Waals surface area contributed by atoms with E-state index in [2.05, 4.69) is 33.1 Å². The van der Waals surface area contributed by atoms with E-state index in [4.69, 9.17) is 0 Å². The molecule has 1 nitrogen and oxygen atoms in total. The summed E-state index contributed by atoms with van der Waals surface area (Å²) in [6.07, 6.45) is 8.59. The molecule has 0 heterocycles. The molecule has 0 aromatic carbocycles. The Balaban J connectivity index is 2.49. The van der Waals surface area contributed by atoms with Crippen LogP contribution in [0.5, 0.6) is 0 Å². The summed E-state index contributed by atoms with van der Waals surface area (Å²) < 4.78 is 0. The second-order valence-electron chi connectivity index (χ2n) is 5.91. The van der Waals surface area contributed by atoms with E-state index in [9.17, 15) is 0 Å². The Kier molecular flexibility index (Phi) is 6.41. The minimum absolute atomic E-state index is 0.946. The fraction of sp³-hybridized carbons (Fsp3) is 1.00. The molecule has 1 aliphatic rings. The quantitative estimate of drug-likeness (QED) is 0.718. The highest BCUT2D eigenvalue weighted by Crippen LogP contribution is 2.38. The van der Waals surface area contributed by atoms with Gasteiger partial charge in [0.1, 0.15) is 0 Å². The zero-order valence-electron chi connectivity index (χ0n) is 11.8. The second-order valence-corrected chi connectivity index (χ2v) is 5.91. The minimum atomic E-state index is 0.946. The lowest BCUT2D eigenvalue weighted by molar-refractivity contribution is 0.154. The molecule has 1 fully saturated rings. The van der Waals surface area contributed by atoms with Gasteiger partial charge in [0.25, 0.3) is 0 Å². The van der Waals surface area contributed by atoms with Gasteiger partial charge in [0, 0.05) is 0 Å². The Morgan fingerprint density at radius 1 is 1.12 bits per heavy atom. The number of rotatable bonds is 6. The van der Waals surface area contributed by atoms with Crippen molar-refractivity contribution in [3.05, 3.63) is 0 Å². The normalized spacial score (nSPS) is 30.9. The predicted octanol–water partition coefficient (Wildman–Crippen LogP) is 4.08. The lowest BCUT2D eigenvalue weighted by Crippen LogP contribution is -2.32. The second kappa shape index (κ2) is 7.32. The molecule has 0 spiro atoms. The number of hydrogen-bond acceptors (Lipinski definition) is 1. The van der Waals surface area contributed by atoms with Gasteiger partial charge in [0.15, 0.2) is 0 Å². The Bertz CT molecular complexity index is 174. The van der Waals surface area contributed by atoms with E-state index in [0.717, 1.165) is 23.7 Å². The summed E-state index contributed by atoms with van der Waals surface area (Å²) >= 11 is 0. The molecule has 96 valence electrons. The molecular formula is C15H31N. The summed E-state index contributed by atoms with van der Waals surface area (Å²) in [5, 5.41) is 3.39. The van der Waals surface area contributed by atoms with Crippen molar-refractivity contribution in [2.24, 2.45) is 23.7 Å². The summed E-state index contributed by atoms with van der Waals surface area (Å²) in [5.41, 5.74) is 0. The van der Waals surface area contributed by atoms with E-state index in [1.165, 1.54) is 45.1 Å². The number of hydrogen-bond donors (Lipinski definition) is 1. The van der Waals surface area contributed by atoms with Crippen LogP contribution in [0.2, 0.25) is 0 Å². The average Bonchev–Trinajstić information content (AvgIpc) is 2.29. The topological polar surface area (TPSA) is 12.0 Å². The van der Waals surface area contributed by atoms with Crippen molar-refractivity contribution in [2.75, 3.05) is 13.6 Å². The molecule has 0 aromatic heterocycles. The Labute approximate surface area is 102 Å². The van der Waals surface area contributed by atoms with Crippen molar-refractivity contribution in [3.63, 3.8) is 0 Å². The third-order valence-corrected chi connectivity index (χ3v) is 4.66.